The Morgan fingerprint density at radius 1 is 1.14 bits per heavy atom. The Morgan fingerprint density at radius 2 is 1.76 bits per heavy atom. The minimum Gasteiger partial charge on any atom is -0.480 e. The van der Waals surface area contributed by atoms with Crippen molar-refractivity contribution in [1.82, 2.24) is 5.32 Å². The molecule has 5 nitrogen and oxygen atoms in total. The van der Waals surface area contributed by atoms with Gasteiger partial charge in [0.2, 0.25) is 5.91 Å². The van der Waals surface area contributed by atoms with Gasteiger partial charge < -0.3 is 10.4 Å². The lowest BCUT2D eigenvalue weighted by Gasteiger charge is -2.18. The molecular weight excluding hydrogens is 268 g/mol. The number of hydrogen-bond acceptors (Lipinski definition) is 3. The van der Waals surface area contributed by atoms with Gasteiger partial charge in [0.1, 0.15) is 6.04 Å². The summed E-state index contributed by atoms with van der Waals surface area (Å²) in [6.45, 7) is 7.70. The van der Waals surface area contributed by atoms with E-state index in [1.807, 2.05) is 24.3 Å². The second kappa shape index (κ2) is 7.78. The second-order valence-corrected chi connectivity index (χ2v) is 5.73. The molecule has 0 heterocycles. The van der Waals surface area contributed by atoms with Gasteiger partial charge in [-0.3, -0.25) is 14.9 Å². The van der Waals surface area contributed by atoms with E-state index >= 15 is 0 Å². The summed E-state index contributed by atoms with van der Waals surface area (Å²) >= 11 is 0. The summed E-state index contributed by atoms with van der Waals surface area (Å²) in [5.74, 6) is -0.967. The monoisotopic (exact) mass is 292 g/mol. The number of benzene rings is 1. The summed E-state index contributed by atoms with van der Waals surface area (Å²) < 4.78 is 0. The second-order valence-electron chi connectivity index (χ2n) is 5.73. The molecule has 5 heteroatoms. The molecule has 1 atom stereocenters. The molecular formula is C16H24N2O3. The number of amides is 1. The summed E-state index contributed by atoms with van der Waals surface area (Å²) in [6.07, 6.45) is 0. The zero-order valence-electron chi connectivity index (χ0n) is 13.0. The highest BCUT2D eigenvalue weighted by atomic mass is 16.4. The number of nitrogens with one attached hydrogen (secondary N) is 2. The van der Waals surface area contributed by atoms with Gasteiger partial charge in [0.15, 0.2) is 0 Å². The molecule has 0 spiro atoms. The third kappa shape index (κ3) is 5.19. The van der Waals surface area contributed by atoms with Crippen molar-refractivity contribution < 1.29 is 14.7 Å². The number of carboxylic acid groups (broad SMARTS) is 1. The Labute approximate surface area is 125 Å². The normalized spacial score (nSPS) is 12.5. The van der Waals surface area contributed by atoms with E-state index < -0.39 is 12.0 Å². The number of hydrogen-bond donors (Lipinski definition) is 3. The van der Waals surface area contributed by atoms with Crippen molar-refractivity contribution in [1.29, 1.82) is 0 Å². The largest absolute Gasteiger partial charge is 0.480 e. The van der Waals surface area contributed by atoms with Gasteiger partial charge >= 0.3 is 5.97 Å². The molecule has 1 aromatic rings. The molecule has 0 aliphatic carbocycles. The average molecular weight is 292 g/mol. The van der Waals surface area contributed by atoms with E-state index in [9.17, 15) is 9.59 Å². The van der Waals surface area contributed by atoms with Crippen LogP contribution in [-0.4, -0.2) is 29.6 Å². The average Bonchev–Trinajstić information content (AvgIpc) is 2.38. The number of carbonyl (C=O) groups excluding carboxylic acids is 1. The lowest BCUT2D eigenvalue weighted by atomic mass is 10.0. The predicted octanol–water partition coefficient (Wildman–Crippen LogP) is 2.45. The molecule has 0 aliphatic rings. The summed E-state index contributed by atoms with van der Waals surface area (Å²) in [5.41, 5.74) is 1.83. The first-order valence-electron chi connectivity index (χ1n) is 7.18. The topological polar surface area (TPSA) is 78.4 Å². The maximum absolute atomic E-state index is 12.0. The number of para-hydroxylation sites is 1. The standard InChI is InChI=1S/C16H24N2O3/c1-10(2)12-7-5-6-8-13(12)18-14(19)9-17-15(11(3)4)16(20)21/h5-8,10-11,15,17H,9H2,1-4H3,(H,18,19)(H,20,21). The Bertz CT molecular complexity index is 498. The van der Waals surface area contributed by atoms with Crippen LogP contribution in [-0.2, 0) is 9.59 Å². The summed E-state index contributed by atoms with van der Waals surface area (Å²) in [6, 6.07) is 6.90. The van der Waals surface area contributed by atoms with Crippen LogP contribution in [0, 0.1) is 5.92 Å². The molecule has 0 fully saturated rings. The quantitative estimate of drug-likeness (QED) is 0.721. The number of anilines is 1. The fourth-order valence-electron chi connectivity index (χ4n) is 2.12. The lowest BCUT2D eigenvalue weighted by molar-refractivity contribution is -0.140. The maximum Gasteiger partial charge on any atom is 0.320 e. The minimum atomic E-state index is -0.944. The molecule has 0 bridgehead atoms. The first-order chi connectivity index (χ1) is 9.82. The van der Waals surface area contributed by atoms with E-state index in [4.69, 9.17) is 5.11 Å². The molecule has 3 N–H and O–H groups in total. The molecule has 0 aromatic heterocycles. The molecule has 0 saturated heterocycles. The highest BCUT2D eigenvalue weighted by Crippen LogP contribution is 2.23. The van der Waals surface area contributed by atoms with Crippen LogP contribution >= 0.6 is 0 Å². The molecule has 0 aliphatic heterocycles. The van der Waals surface area contributed by atoms with Gasteiger partial charge in [-0.2, -0.15) is 0 Å². The van der Waals surface area contributed by atoms with Crippen molar-refractivity contribution in [3.05, 3.63) is 29.8 Å². The van der Waals surface area contributed by atoms with Gasteiger partial charge in [0, 0.05) is 5.69 Å². The van der Waals surface area contributed by atoms with Crippen LogP contribution in [0.5, 0.6) is 0 Å². The van der Waals surface area contributed by atoms with Crippen LogP contribution in [0.15, 0.2) is 24.3 Å². The Kier molecular flexibility index (Phi) is 6.37. The van der Waals surface area contributed by atoms with Crippen LogP contribution in [0.25, 0.3) is 0 Å². The smallest absolute Gasteiger partial charge is 0.320 e. The van der Waals surface area contributed by atoms with E-state index in [0.717, 1.165) is 11.3 Å². The zero-order chi connectivity index (χ0) is 16.0. The number of carboxylic acids is 1. The summed E-state index contributed by atoms with van der Waals surface area (Å²) in [4.78, 5) is 23.0. The predicted molar refractivity (Wildman–Crippen MR) is 83.4 cm³/mol. The summed E-state index contributed by atoms with van der Waals surface area (Å²) in [5, 5.41) is 14.7. The highest BCUT2D eigenvalue weighted by molar-refractivity contribution is 5.93. The Hall–Kier alpha value is -1.88. The van der Waals surface area contributed by atoms with Gasteiger partial charge in [-0.25, -0.2) is 0 Å². The fourth-order valence-corrected chi connectivity index (χ4v) is 2.12. The number of carbonyl (C=O) groups is 2. The number of aliphatic carboxylic acids is 1. The van der Waals surface area contributed by atoms with Crippen molar-refractivity contribution >= 4 is 17.6 Å². The highest BCUT2D eigenvalue weighted by Gasteiger charge is 2.21. The third-order valence-electron chi connectivity index (χ3n) is 3.27. The van der Waals surface area contributed by atoms with Crippen LogP contribution in [0.1, 0.15) is 39.2 Å². The molecule has 1 amide bonds. The molecule has 21 heavy (non-hydrogen) atoms. The van der Waals surface area contributed by atoms with E-state index in [1.54, 1.807) is 13.8 Å². The van der Waals surface area contributed by atoms with Crippen molar-refractivity contribution in [3.63, 3.8) is 0 Å². The first kappa shape index (κ1) is 17.2. The minimum absolute atomic E-state index is 0.0262. The Morgan fingerprint density at radius 3 is 2.29 bits per heavy atom. The zero-order valence-corrected chi connectivity index (χ0v) is 13.0. The maximum atomic E-state index is 12.0. The van der Waals surface area contributed by atoms with E-state index in [-0.39, 0.29) is 18.4 Å². The van der Waals surface area contributed by atoms with Crippen molar-refractivity contribution in [2.24, 2.45) is 5.92 Å². The Balaban J connectivity index is 2.64. The molecule has 0 saturated carbocycles. The van der Waals surface area contributed by atoms with Crippen LogP contribution < -0.4 is 10.6 Å². The lowest BCUT2D eigenvalue weighted by Crippen LogP contribution is -2.44. The van der Waals surface area contributed by atoms with E-state index in [0.29, 0.717) is 5.92 Å². The van der Waals surface area contributed by atoms with Gasteiger partial charge in [-0.1, -0.05) is 45.9 Å². The molecule has 1 unspecified atom stereocenters. The van der Waals surface area contributed by atoms with Gasteiger partial charge in [0.05, 0.1) is 6.54 Å². The SMILES string of the molecule is CC(C)c1ccccc1NC(=O)CNC(C(=O)O)C(C)C. The molecule has 1 rings (SSSR count). The number of rotatable bonds is 7. The first-order valence-corrected chi connectivity index (χ1v) is 7.18. The van der Waals surface area contributed by atoms with Crippen LogP contribution in [0.2, 0.25) is 0 Å². The molecule has 0 radical (unpaired) electrons. The van der Waals surface area contributed by atoms with E-state index in [2.05, 4.69) is 24.5 Å². The third-order valence-corrected chi connectivity index (χ3v) is 3.27. The molecule has 1 aromatic carbocycles. The van der Waals surface area contributed by atoms with Crippen LogP contribution in [0.4, 0.5) is 5.69 Å². The van der Waals surface area contributed by atoms with E-state index in [1.165, 1.54) is 0 Å². The summed E-state index contributed by atoms with van der Waals surface area (Å²) in [7, 11) is 0. The van der Waals surface area contributed by atoms with Gasteiger partial charge in [-0.15, -0.1) is 0 Å². The van der Waals surface area contributed by atoms with Gasteiger partial charge in [0.25, 0.3) is 0 Å². The molecule has 116 valence electrons. The van der Waals surface area contributed by atoms with Crippen LogP contribution in [0.3, 0.4) is 0 Å². The van der Waals surface area contributed by atoms with Crippen molar-refractivity contribution in [2.45, 2.75) is 39.7 Å². The van der Waals surface area contributed by atoms with Gasteiger partial charge in [-0.05, 0) is 23.5 Å². The van der Waals surface area contributed by atoms with Crippen molar-refractivity contribution in [2.75, 3.05) is 11.9 Å². The fraction of sp³-hybridized carbons (Fsp3) is 0.500. The van der Waals surface area contributed by atoms with Crippen molar-refractivity contribution in [3.8, 4) is 0 Å².